The highest BCUT2D eigenvalue weighted by Crippen LogP contribution is 2.20. The molecule has 5 heteroatoms. The first-order valence-electron chi connectivity index (χ1n) is 9.65. The fourth-order valence-corrected chi connectivity index (χ4v) is 2.97. The van der Waals surface area contributed by atoms with Crippen LogP contribution in [0.25, 0.3) is 11.3 Å². The van der Waals surface area contributed by atoms with Gasteiger partial charge in [-0.3, -0.25) is 9.78 Å². The van der Waals surface area contributed by atoms with Gasteiger partial charge in [0.15, 0.2) is 0 Å². The van der Waals surface area contributed by atoms with E-state index in [0.29, 0.717) is 11.5 Å². The van der Waals surface area contributed by atoms with Gasteiger partial charge in [0.2, 0.25) is 0 Å². The van der Waals surface area contributed by atoms with E-state index in [2.05, 4.69) is 34.3 Å². The Morgan fingerprint density at radius 1 is 1.00 bits per heavy atom. The highest BCUT2D eigenvalue weighted by molar-refractivity contribution is 5.94. The average molecular weight is 374 g/mol. The highest BCUT2D eigenvalue weighted by atomic mass is 16.1. The maximum atomic E-state index is 12.7. The minimum absolute atomic E-state index is 0.108. The lowest BCUT2D eigenvalue weighted by Crippen LogP contribution is -2.28. The molecular formula is C23H26N4O. The van der Waals surface area contributed by atoms with Gasteiger partial charge in [-0.2, -0.15) is 10.2 Å². The number of nitrogens with zero attached hydrogens (tertiary/aromatic N) is 3. The molecule has 3 rings (SSSR count). The first kappa shape index (κ1) is 19.7. The summed E-state index contributed by atoms with van der Waals surface area (Å²) in [5.74, 6) is 0.241. The lowest BCUT2D eigenvalue weighted by molar-refractivity contribution is 0.0934. The predicted molar refractivity (Wildman–Crippen MR) is 111 cm³/mol. The monoisotopic (exact) mass is 374 g/mol. The summed E-state index contributed by atoms with van der Waals surface area (Å²) < 4.78 is 0. The minimum Gasteiger partial charge on any atom is -0.344 e. The van der Waals surface area contributed by atoms with Crippen LogP contribution in [0.5, 0.6) is 0 Å². The molecule has 0 saturated heterocycles. The minimum atomic E-state index is -0.110. The summed E-state index contributed by atoms with van der Waals surface area (Å²) in [5, 5.41) is 11.6. The Labute approximate surface area is 166 Å². The standard InChI is InChI=1S/C23H26N4O/c1-5-19(22-14-16(4)12-13-24-22)25-23(28)18-8-6-17(7-9-18)21-11-10-20(15(2)3)26-27-21/h6-15,19H,5H2,1-4H3,(H,25,28)/t19-/m1/s1. The fourth-order valence-electron chi connectivity index (χ4n) is 2.97. The molecule has 1 atom stereocenters. The number of rotatable bonds is 6. The van der Waals surface area contributed by atoms with Crippen molar-refractivity contribution in [3.63, 3.8) is 0 Å². The topological polar surface area (TPSA) is 67.8 Å². The van der Waals surface area contributed by atoms with E-state index in [1.165, 1.54) is 0 Å². The third-order valence-corrected chi connectivity index (χ3v) is 4.73. The summed E-state index contributed by atoms with van der Waals surface area (Å²) in [6, 6.07) is 15.3. The SMILES string of the molecule is CC[C@@H](NC(=O)c1ccc(-c2ccc(C(C)C)nn2)cc1)c1cc(C)ccn1. The Kier molecular flexibility index (Phi) is 6.14. The smallest absolute Gasteiger partial charge is 0.251 e. The van der Waals surface area contributed by atoms with Crippen LogP contribution in [-0.2, 0) is 0 Å². The Hall–Kier alpha value is -3.08. The lowest BCUT2D eigenvalue weighted by atomic mass is 10.1. The van der Waals surface area contributed by atoms with E-state index in [0.717, 1.165) is 34.6 Å². The molecule has 1 aromatic carbocycles. The summed E-state index contributed by atoms with van der Waals surface area (Å²) in [7, 11) is 0. The molecule has 144 valence electrons. The largest absolute Gasteiger partial charge is 0.344 e. The van der Waals surface area contributed by atoms with Gasteiger partial charge in [0, 0.05) is 17.3 Å². The van der Waals surface area contributed by atoms with Gasteiger partial charge in [-0.15, -0.1) is 0 Å². The molecule has 0 bridgehead atoms. The first-order valence-corrected chi connectivity index (χ1v) is 9.65. The number of nitrogens with one attached hydrogen (secondary N) is 1. The van der Waals surface area contributed by atoms with Crippen molar-refractivity contribution in [2.75, 3.05) is 0 Å². The van der Waals surface area contributed by atoms with Gasteiger partial charge in [0.05, 0.1) is 23.1 Å². The van der Waals surface area contributed by atoms with E-state index in [1.54, 1.807) is 6.20 Å². The quantitative estimate of drug-likeness (QED) is 0.669. The van der Waals surface area contributed by atoms with Crippen LogP contribution in [0.15, 0.2) is 54.7 Å². The molecule has 0 radical (unpaired) electrons. The van der Waals surface area contributed by atoms with Gasteiger partial charge >= 0.3 is 0 Å². The van der Waals surface area contributed by atoms with Crippen molar-refractivity contribution in [3.05, 3.63) is 77.2 Å². The number of pyridine rings is 1. The normalized spacial score (nSPS) is 12.0. The van der Waals surface area contributed by atoms with Gasteiger partial charge in [-0.05, 0) is 61.2 Å². The van der Waals surface area contributed by atoms with E-state index in [1.807, 2.05) is 62.4 Å². The predicted octanol–water partition coefficient (Wildman–Crippen LogP) is 4.85. The molecule has 28 heavy (non-hydrogen) atoms. The summed E-state index contributed by atoms with van der Waals surface area (Å²) >= 11 is 0. The van der Waals surface area contributed by atoms with E-state index in [9.17, 15) is 4.79 Å². The molecule has 1 N–H and O–H groups in total. The number of hydrogen-bond donors (Lipinski definition) is 1. The van der Waals surface area contributed by atoms with Gasteiger partial charge in [0.1, 0.15) is 0 Å². The molecule has 3 aromatic rings. The van der Waals surface area contributed by atoms with Gasteiger partial charge < -0.3 is 5.32 Å². The van der Waals surface area contributed by atoms with Gasteiger partial charge in [-0.25, -0.2) is 0 Å². The van der Waals surface area contributed by atoms with Crippen molar-refractivity contribution in [2.45, 2.75) is 46.1 Å². The zero-order valence-corrected chi connectivity index (χ0v) is 16.8. The molecule has 0 aliphatic carbocycles. The maximum Gasteiger partial charge on any atom is 0.251 e. The number of hydrogen-bond acceptors (Lipinski definition) is 4. The third kappa shape index (κ3) is 4.60. The van der Waals surface area contributed by atoms with Crippen LogP contribution in [0.1, 0.15) is 66.5 Å². The Morgan fingerprint density at radius 2 is 1.75 bits per heavy atom. The van der Waals surface area contributed by atoms with Crippen LogP contribution >= 0.6 is 0 Å². The van der Waals surface area contributed by atoms with Gasteiger partial charge in [-0.1, -0.05) is 32.9 Å². The molecule has 0 saturated carbocycles. The van der Waals surface area contributed by atoms with E-state index >= 15 is 0 Å². The molecular weight excluding hydrogens is 348 g/mol. The van der Waals surface area contributed by atoms with Crippen molar-refractivity contribution in [1.29, 1.82) is 0 Å². The Bertz CT molecular complexity index is 934. The van der Waals surface area contributed by atoms with Crippen LogP contribution in [-0.4, -0.2) is 21.1 Å². The van der Waals surface area contributed by atoms with Crippen LogP contribution < -0.4 is 5.32 Å². The second kappa shape index (κ2) is 8.74. The van der Waals surface area contributed by atoms with Crippen LogP contribution in [0.4, 0.5) is 0 Å². The number of benzene rings is 1. The Balaban J connectivity index is 1.72. The Morgan fingerprint density at radius 3 is 2.32 bits per heavy atom. The third-order valence-electron chi connectivity index (χ3n) is 4.73. The zero-order chi connectivity index (χ0) is 20.1. The van der Waals surface area contributed by atoms with Gasteiger partial charge in [0.25, 0.3) is 5.91 Å². The fraction of sp³-hybridized carbons (Fsp3) is 0.304. The van der Waals surface area contributed by atoms with Crippen molar-refractivity contribution in [2.24, 2.45) is 0 Å². The summed E-state index contributed by atoms with van der Waals surface area (Å²) in [6.07, 6.45) is 2.55. The molecule has 0 aliphatic rings. The van der Waals surface area contributed by atoms with E-state index in [-0.39, 0.29) is 11.9 Å². The van der Waals surface area contributed by atoms with Crippen molar-refractivity contribution in [1.82, 2.24) is 20.5 Å². The second-order valence-corrected chi connectivity index (χ2v) is 7.27. The summed E-state index contributed by atoms with van der Waals surface area (Å²) in [6.45, 7) is 8.24. The van der Waals surface area contributed by atoms with Crippen molar-refractivity contribution < 1.29 is 4.79 Å². The molecule has 2 aromatic heterocycles. The average Bonchev–Trinajstić information content (AvgIpc) is 2.72. The summed E-state index contributed by atoms with van der Waals surface area (Å²) in [4.78, 5) is 17.1. The second-order valence-electron chi connectivity index (χ2n) is 7.27. The highest BCUT2D eigenvalue weighted by Gasteiger charge is 2.15. The van der Waals surface area contributed by atoms with Crippen molar-refractivity contribution >= 4 is 5.91 Å². The number of aromatic nitrogens is 3. The maximum absolute atomic E-state index is 12.7. The molecule has 0 spiro atoms. The molecule has 0 fully saturated rings. The van der Waals surface area contributed by atoms with Crippen LogP contribution in [0, 0.1) is 6.92 Å². The first-order chi connectivity index (χ1) is 13.5. The molecule has 2 heterocycles. The summed E-state index contributed by atoms with van der Waals surface area (Å²) in [5.41, 5.74) is 5.33. The molecule has 0 unspecified atom stereocenters. The van der Waals surface area contributed by atoms with Crippen molar-refractivity contribution in [3.8, 4) is 11.3 Å². The molecule has 5 nitrogen and oxygen atoms in total. The number of amides is 1. The number of carbonyl (C=O) groups is 1. The van der Waals surface area contributed by atoms with Crippen LogP contribution in [0.3, 0.4) is 0 Å². The lowest BCUT2D eigenvalue weighted by Gasteiger charge is -2.17. The van der Waals surface area contributed by atoms with Crippen LogP contribution in [0.2, 0.25) is 0 Å². The van der Waals surface area contributed by atoms with E-state index in [4.69, 9.17) is 0 Å². The molecule has 0 aliphatic heterocycles. The molecule has 1 amide bonds. The number of carbonyl (C=O) groups excluding carboxylic acids is 1. The number of aryl methyl sites for hydroxylation is 1. The van der Waals surface area contributed by atoms with E-state index < -0.39 is 0 Å². The zero-order valence-electron chi connectivity index (χ0n) is 16.8.